The van der Waals surface area contributed by atoms with E-state index in [0.717, 1.165) is 76.7 Å². The van der Waals surface area contributed by atoms with Gasteiger partial charge in [0.15, 0.2) is 5.82 Å². The van der Waals surface area contributed by atoms with Crippen LogP contribution in [0.25, 0.3) is 11.3 Å². The van der Waals surface area contributed by atoms with E-state index in [2.05, 4.69) is 20.4 Å². The molecule has 1 aliphatic carbocycles. The van der Waals surface area contributed by atoms with Crippen LogP contribution in [0, 0.1) is 29.4 Å². The number of nitrogens with zero attached hydrogens (tertiary/aromatic N) is 3. The maximum Gasteiger partial charge on any atom is 0.420 e. The number of nitrogens with one attached hydrogen (secondary N) is 1. The lowest BCUT2D eigenvalue weighted by atomic mass is 10.00. The lowest BCUT2D eigenvalue weighted by Gasteiger charge is -2.28. The second kappa shape index (κ2) is 9.37. The first-order chi connectivity index (χ1) is 16.3. The van der Waals surface area contributed by atoms with E-state index in [1.165, 1.54) is 0 Å². The van der Waals surface area contributed by atoms with Crippen LogP contribution < -0.4 is 5.32 Å². The van der Waals surface area contributed by atoms with Crippen molar-refractivity contribution in [3.8, 4) is 11.3 Å². The zero-order valence-corrected chi connectivity index (χ0v) is 18.6. The van der Waals surface area contributed by atoms with Gasteiger partial charge in [0.05, 0.1) is 5.69 Å². The minimum Gasteiger partial charge on any atom is -0.381 e. The van der Waals surface area contributed by atoms with Crippen LogP contribution in [0.2, 0.25) is 0 Å². The van der Waals surface area contributed by atoms with Crippen LogP contribution in [0.5, 0.6) is 0 Å². The fourth-order valence-electron chi connectivity index (χ4n) is 5.69. The topological polar surface area (TPSA) is 50.3 Å². The molecule has 1 N–H and O–H groups in total. The van der Waals surface area contributed by atoms with Crippen molar-refractivity contribution >= 4 is 5.82 Å². The van der Waals surface area contributed by atoms with E-state index >= 15 is 0 Å². The molecule has 34 heavy (non-hydrogen) atoms. The van der Waals surface area contributed by atoms with E-state index in [-0.39, 0.29) is 23.1 Å². The van der Waals surface area contributed by atoms with Gasteiger partial charge in [0.25, 0.3) is 0 Å². The third-order valence-electron chi connectivity index (χ3n) is 7.33. The number of anilines is 1. The molecule has 2 aromatic rings. The van der Waals surface area contributed by atoms with Gasteiger partial charge in [-0.3, -0.25) is 0 Å². The zero-order valence-electron chi connectivity index (χ0n) is 18.6. The third-order valence-corrected chi connectivity index (χ3v) is 7.33. The summed E-state index contributed by atoms with van der Waals surface area (Å²) in [5.41, 5.74) is -1.52. The molecule has 3 fully saturated rings. The van der Waals surface area contributed by atoms with Gasteiger partial charge in [0.1, 0.15) is 17.2 Å². The summed E-state index contributed by atoms with van der Waals surface area (Å²) >= 11 is 0. The number of alkyl halides is 3. The molecule has 0 amide bonds. The van der Waals surface area contributed by atoms with Crippen molar-refractivity contribution in [2.24, 2.45) is 17.8 Å². The number of rotatable bonds is 5. The van der Waals surface area contributed by atoms with E-state index in [9.17, 15) is 22.0 Å². The fourth-order valence-corrected chi connectivity index (χ4v) is 5.69. The van der Waals surface area contributed by atoms with Gasteiger partial charge in [-0.25, -0.2) is 8.78 Å². The molecule has 184 valence electrons. The van der Waals surface area contributed by atoms with Crippen LogP contribution in [0.4, 0.5) is 27.8 Å². The Kier molecular flexibility index (Phi) is 6.45. The first-order valence-electron chi connectivity index (χ1n) is 11.7. The Hall–Kier alpha value is -2.33. The largest absolute Gasteiger partial charge is 0.420 e. The van der Waals surface area contributed by atoms with E-state index in [1.807, 2.05) is 0 Å². The number of fused-ring (bicyclic) bond motifs is 1. The summed E-state index contributed by atoms with van der Waals surface area (Å²) in [5, 5.41) is 10.5. The molecule has 0 spiro atoms. The molecule has 5 rings (SSSR count). The van der Waals surface area contributed by atoms with Gasteiger partial charge in [-0.1, -0.05) is 0 Å². The summed E-state index contributed by atoms with van der Waals surface area (Å²) < 4.78 is 74.1. The van der Waals surface area contributed by atoms with Crippen LogP contribution >= 0.6 is 0 Å². The smallest absolute Gasteiger partial charge is 0.381 e. The molecule has 2 atom stereocenters. The Morgan fingerprint density at radius 1 is 1.00 bits per heavy atom. The second-order valence-corrected chi connectivity index (χ2v) is 9.72. The predicted molar refractivity (Wildman–Crippen MR) is 116 cm³/mol. The number of likely N-dealkylation sites (tertiary alicyclic amines) is 1. The van der Waals surface area contributed by atoms with Crippen LogP contribution in [0.3, 0.4) is 0 Å². The molecule has 0 radical (unpaired) electrons. The molecule has 1 aromatic heterocycles. The normalized spacial score (nSPS) is 24.5. The average Bonchev–Trinajstić information content (AvgIpc) is 3.32. The highest BCUT2D eigenvalue weighted by Crippen LogP contribution is 2.42. The van der Waals surface area contributed by atoms with Crippen LogP contribution in [-0.4, -0.2) is 54.0 Å². The van der Waals surface area contributed by atoms with Gasteiger partial charge in [-0.05, 0) is 61.6 Å². The molecule has 0 bridgehead atoms. The monoisotopic (exact) mass is 482 g/mol. The molecule has 2 saturated heterocycles. The minimum atomic E-state index is -4.70. The summed E-state index contributed by atoms with van der Waals surface area (Å²) in [7, 11) is 0. The Labute approximate surface area is 194 Å². The molecule has 1 aromatic carbocycles. The van der Waals surface area contributed by atoms with Crippen molar-refractivity contribution < 1.29 is 26.7 Å². The summed E-state index contributed by atoms with van der Waals surface area (Å²) in [4.78, 5) is 2.49. The Morgan fingerprint density at radius 3 is 2.35 bits per heavy atom. The van der Waals surface area contributed by atoms with Crippen molar-refractivity contribution in [1.82, 2.24) is 15.1 Å². The second-order valence-electron chi connectivity index (χ2n) is 9.72. The molecule has 3 heterocycles. The van der Waals surface area contributed by atoms with E-state index in [1.54, 1.807) is 0 Å². The lowest BCUT2D eigenvalue weighted by Crippen LogP contribution is -2.32. The van der Waals surface area contributed by atoms with Gasteiger partial charge in [-0.15, -0.1) is 10.2 Å². The van der Waals surface area contributed by atoms with Crippen molar-refractivity contribution in [3.63, 3.8) is 0 Å². The SMILES string of the molecule is Fc1ccc(-c2cc(C(F)(F)F)c(NC3C[C@@H]4CN(CC5CCOCC5)C[C@H]4C3)nn2)c(F)c1. The highest BCUT2D eigenvalue weighted by Gasteiger charge is 2.43. The van der Waals surface area contributed by atoms with E-state index in [4.69, 9.17) is 4.74 Å². The van der Waals surface area contributed by atoms with Gasteiger partial charge in [-0.2, -0.15) is 13.2 Å². The third kappa shape index (κ3) is 5.02. The molecule has 0 unspecified atom stereocenters. The molecule has 2 aliphatic heterocycles. The van der Waals surface area contributed by atoms with Gasteiger partial charge >= 0.3 is 6.18 Å². The quantitative estimate of drug-likeness (QED) is 0.609. The number of halogens is 5. The fraction of sp³-hybridized carbons (Fsp3) is 0.583. The number of ether oxygens (including phenoxy) is 1. The standard InChI is InChI=1S/C24H27F5N4O/c25-17-1-2-19(21(26)9-17)22-10-20(24(27,28)29)23(32-31-22)30-18-7-15-12-33(13-16(15)8-18)11-14-3-5-34-6-4-14/h1-2,9-10,14-16,18H,3-8,11-13H2,(H,30,32)/t15-,16-/m1/s1. The summed E-state index contributed by atoms with van der Waals surface area (Å²) in [6.07, 6.45) is -0.956. The molecular weight excluding hydrogens is 455 g/mol. The number of aromatic nitrogens is 2. The van der Waals surface area contributed by atoms with E-state index < -0.39 is 23.4 Å². The van der Waals surface area contributed by atoms with Gasteiger partial charge < -0.3 is 15.0 Å². The maximum absolute atomic E-state index is 14.1. The van der Waals surface area contributed by atoms with E-state index in [0.29, 0.717) is 23.8 Å². The Balaban J connectivity index is 1.26. The minimum absolute atomic E-state index is 0.121. The molecule has 10 heteroatoms. The highest BCUT2D eigenvalue weighted by atomic mass is 19.4. The summed E-state index contributed by atoms with van der Waals surface area (Å²) in [6.45, 7) is 4.67. The first kappa shape index (κ1) is 23.4. The van der Waals surface area contributed by atoms with Gasteiger partial charge in [0.2, 0.25) is 0 Å². The Morgan fingerprint density at radius 2 is 1.71 bits per heavy atom. The zero-order chi connectivity index (χ0) is 23.9. The van der Waals surface area contributed by atoms with Crippen molar-refractivity contribution in [3.05, 3.63) is 41.5 Å². The number of hydrogen-bond acceptors (Lipinski definition) is 5. The van der Waals surface area contributed by atoms with Crippen molar-refractivity contribution in [2.75, 3.05) is 38.2 Å². The van der Waals surface area contributed by atoms with Gasteiger partial charge in [0, 0.05) is 50.5 Å². The molecule has 1 saturated carbocycles. The van der Waals surface area contributed by atoms with Crippen LogP contribution in [-0.2, 0) is 10.9 Å². The first-order valence-corrected chi connectivity index (χ1v) is 11.7. The number of benzene rings is 1. The highest BCUT2D eigenvalue weighted by molar-refractivity contribution is 5.63. The average molecular weight is 482 g/mol. The molecule has 5 nitrogen and oxygen atoms in total. The van der Waals surface area contributed by atoms with Crippen molar-refractivity contribution in [2.45, 2.75) is 37.9 Å². The lowest BCUT2D eigenvalue weighted by molar-refractivity contribution is -0.137. The maximum atomic E-state index is 14.1. The molecular formula is C24H27F5N4O. The Bertz CT molecular complexity index is 1010. The molecule has 3 aliphatic rings. The van der Waals surface area contributed by atoms with Crippen LogP contribution in [0.1, 0.15) is 31.2 Å². The number of hydrogen-bond donors (Lipinski definition) is 1. The van der Waals surface area contributed by atoms with Crippen molar-refractivity contribution in [1.29, 1.82) is 0 Å². The van der Waals surface area contributed by atoms with Crippen LogP contribution in [0.15, 0.2) is 24.3 Å². The summed E-state index contributed by atoms with van der Waals surface area (Å²) in [5.74, 6) is -0.587. The predicted octanol–water partition coefficient (Wildman–Crippen LogP) is 4.99. The summed E-state index contributed by atoms with van der Waals surface area (Å²) in [6, 6.07) is 3.30.